The van der Waals surface area contributed by atoms with E-state index in [1.54, 1.807) is 18.2 Å². The Morgan fingerprint density at radius 1 is 1.03 bits per heavy atom. The monoisotopic (exact) mass is 446 g/mol. The van der Waals surface area contributed by atoms with Crippen molar-refractivity contribution >= 4 is 11.6 Å². The number of rotatable bonds is 8. The van der Waals surface area contributed by atoms with Crippen LogP contribution in [0.5, 0.6) is 0 Å². The zero-order chi connectivity index (χ0) is 23.2. The summed E-state index contributed by atoms with van der Waals surface area (Å²) in [5.74, 6) is -0.314. The summed E-state index contributed by atoms with van der Waals surface area (Å²) in [5.41, 5.74) is 1.94. The van der Waals surface area contributed by atoms with Gasteiger partial charge in [-0.3, -0.25) is 14.9 Å². The third kappa shape index (κ3) is 5.65. The van der Waals surface area contributed by atoms with Gasteiger partial charge in [0.2, 0.25) is 17.6 Å². The first-order chi connectivity index (χ1) is 16.0. The molecule has 0 saturated heterocycles. The van der Waals surface area contributed by atoms with E-state index < -0.39 is 11.0 Å². The Kier molecular flexibility index (Phi) is 6.49. The van der Waals surface area contributed by atoms with Gasteiger partial charge in [-0.05, 0) is 23.3 Å². The molecular weight excluding hydrogens is 427 g/mol. The number of carbonyl (C=O) groups excluding carboxylic acids is 1. The number of carbonyl (C=O) groups is 1. The van der Waals surface area contributed by atoms with Crippen molar-refractivity contribution in [1.82, 2.24) is 15.5 Å². The number of aromatic nitrogens is 2. The number of nitrogens with one attached hydrogen (secondary N) is 1. The van der Waals surface area contributed by atoms with Crippen molar-refractivity contribution in [2.45, 2.75) is 18.9 Å². The normalized spacial score (nSPS) is 11.7. The van der Waals surface area contributed by atoms with Crippen molar-refractivity contribution in [3.05, 3.63) is 112 Å². The van der Waals surface area contributed by atoms with Crippen molar-refractivity contribution in [2.24, 2.45) is 0 Å². The van der Waals surface area contributed by atoms with Gasteiger partial charge in [-0.1, -0.05) is 59.8 Å². The van der Waals surface area contributed by atoms with Gasteiger partial charge in [-0.2, -0.15) is 4.98 Å². The highest BCUT2D eigenvalue weighted by Gasteiger charge is 2.23. The zero-order valence-corrected chi connectivity index (χ0v) is 17.3. The van der Waals surface area contributed by atoms with Crippen LogP contribution in [0.1, 0.15) is 23.1 Å². The smallest absolute Gasteiger partial charge is 0.270 e. The number of hydrogen-bond donors (Lipinski definition) is 1. The van der Waals surface area contributed by atoms with Crippen LogP contribution in [0, 0.1) is 15.9 Å². The Labute approximate surface area is 188 Å². The number of nitrogens with zero attached hydrogens (tertiary/aromatic N) is 3. The first kappa shape index (κ1) is 21.8. The molecule has 0 bridgehead atoms. The van der Waals surface area contributed by atoms with Crippen LogP contribution in [-0.2, 0) is 17.6 Å². The SMILES string of the molecule is O=C(Cc1ccc(F)cc1)N[C@H](Cc1ccccc1)c1nc(-c2cccc([N+](=O)[O-])c2)no1. The minimum absolute atomic E-state index is 0.0530. The molecule has 1 heterocycles. The van der Waals surface area contributed by atoms with E-state index in [-0.39, 0.29) is 35.5 Å². The minimum Gasteiger partial charge on any atom is -0.344 e. The number of hydrogen-bond acceptors (Lipinski definition) is 6. The van der Waals surface area contributed by atoms with Crippen LogP contribution in [0.15, 0.2) is 83.4 Å². The molecule has 0 fully saturated rings. The van der Waals surface area contributed by atoms with Crippen molar-refractivity contribution in [3.63, 3.8) is 0 Å². The van der Waals surface area contributed by atoms with Gasteiger partial charge < -0.3 is 9.84 Å². The van der Waals surface area contributed by atoms with E-state index in [9.17, 15) is 19.3 Å². The number of benzene rings is 3. The minimum atomic E-state index is -0.625. The van der Waals surface area contributed by atoms with Gasteiger partial charge in [0.15, 0.2) is 0 Å². The van der Waals surface area contributed by atoms with Gasteiger partial charge in [0, 0.05) is 24.1 Å². The Bertz CT molecular complexity index is 1260. The predicted molar refractivity (Wildman–Crippen MR) is 118 cm³/mol. The lowest BCUT2D eigenvalue weighted by molar-refractivity contribution is -0.384. The van der Waals surface area contributed by atoms with Gasteiger partial charge in [-0.25, -0.2) is 4.39 Å². The van der Waals surface area contributed by atoms with Crippen LogP contribution < -0.4 is 5.32 Å². The van der Waals surface area contributed by atoms with E-state index in [4.69, 9.17) is 4.52 Å². The molecule has 8 nitrogen and oxygen atoms in total. The van der Waals surface area contributed by atoms with Crippen molar-refractivity contribution in [3.8, 4) is 11.4 Å². The molecule has 4 rings (SSSR count). The lowest BCUT2D eigenvalue weighted by Crippen LogP contribution is -2.31. The van der Waals surface area contributed by atoms with Crippen LogP contribution >= 0.6 is 0 Å². The van der Waals surface area contributed by atoms with Crippen LogP contribution in [-0.4, -0.2) is 21.0 Å². The highest BCUT2D eigenvalue weighted by Crippen LogP contribution is 2.24. The fourth-order valence-electron chi connectivity index (χ4n) is 3.34. The molecule has 1 aromatic heterocycles. The molecule has 9 heteroatoms. The maximum Gasteiger partial charge on any atom is 0.270 e. The Hall–Kier alpha value is -4.40. The Morgan fingerprint density at radius 3 is 2.52 bits per heavy atom. The van der Waals surface area contributed by atoms with E-state index in [0.717, 1.165) is 5.56 Å². The standard InChI is InChI=1S/C24H19FN4O4/c25-19-11-9-17(10-12-19)14-22(30)26-21(13-16-5-2-1-3-6-16)24-27-23(28-33-24)18-7-4-8-20(15-18)29(31)32/h1-12,15,21H,13-14H2,(H,26,30)/t21-/m1/s1. The first-order valence-corrected chi connectivity index (χ1v) is 10.1. The Balaban J connectivity index is 1.57. The molecule has 0 aliphatic carbocycles. The topological polar surface area (TPSA) is 111 Å². The average molecular weight is 446 g/mol. The summed E-state index contributed by atoms with van der Waals surface area (Å²) in [5, 5.41) is 17.9. The van der Waals surface area contributed by atoms with E-state index in [1.807, 2.05) is 30.3 Å². The number of nitro groups is 1. The van der Waals surface area contributed by atoms with E-state index in [1.165, 1.54) is 30.3 Å². The molecule has 166 valence electrons. The lowest BCUT2D eigenvalue weighted by atomic mass is 10.0. The second kappa shape index (κ2) is 9.82. The average Bonchev–Trinajstić information content (AvgIpc) is 3.31. The van der Waals surface area contributed by atoms with Crippen LogP contribution in [0.4, 0.5) is 10.1 Å². The predicted octanol–water partition coefficient (Wildman–Crippen LogP) is 4.43. The number of halogens is 1. The second-order valence-corrected chi connectivity index (χ2v) is 7.38. The van der Waals surface area contributed by atoms with Gasteiger partial charge in [0.25, 0.3) is 5.69 Å². The number of nitro benzene ring substituents is 1. The zero-order valence-electron chi connectivity index (χ0n) is 17.3. The summed E-state index contributed by atoms with van der Waals surface area (Å²) < 4.78 is 18.6. The van der Waals surface area contributed by atoms with Crippen molar-refractivity contribution < 1.29 is 18.6 Å². The summed E-state index contributed by atoms with van der Waals surface area (Å²) in [7, 11) is 0. The largest absolute Gasteiger partial charge is 0.344 e. The second-order valence-electron chi connectivity index (χ2n) is 7.38. The van der Waals surface area contributed by atoms with Gasteiger partial charge >= 0.3 is 0 Å². The van der Waals surface area contributed by atoms with Crippen molar-refractivity contribution in [2.75, 3.05) is 0 Å². The highest BCUT2D eigenvalue weighted by atomic mass is 19.1. The third-order valence-electron chi connectivity index (χ3n) is 4.95. The molecule has 0 saturated carbocycles. The molecule has 33 heavy (non-hydrogen) atoms. The summed E-state index contributed by atoms with van der Waals surface area (Å²) in [6.45, 7) is 0. The van der Waals surface area contributed by atoms with E-state index in [2.05, 4.69) is 15.5 Å². The molecular formula is C24H19FN4O4. The molecule has 3 aromatic carbocycles. The quantitative estimate of drug-likeness (QED) is 0.317. The van der Waals surface area contributed by atoms with Gasteiger partial charge in [0.1, 0.15) is 11.9 Å². The summed E-state index contributed by atoms with van der Waals surface area (Å²) >= 11 is 0. The lowest BCUT2D eigenvalue weighted by Gasteiger charge is -2.15. The van der Waals surface area contributed by atoms with Crippen LogP contribution in [0.25, 0.3) is 11.4 Å². The molecule has 0 radical (unpaired) electrons. The summed E-state index contributed by atoms with van der Waals surface area (Å²) in [6.07, 6.45) is 0.448. The molecule has 4 aromatic rings. The first-order valence-electron chi connectivity index (χ1n) is 10.1. The fraction of sp³-hybridized carbons (Fsp3) is 0.125. The van der Waals surface area contributed by atoms with E-state index in [0.29, 0.717) is 17.5 Å². The van der Waals surface area contributed by atoms with Gasteiger partial charge in [0.05, 0.1) is 11.3 Å². The molecule has 0 spiro atoms. The molecule has 1 atom stereocenters. The van der Waals surface area contributed by atoms with Crippen LogP contribution in [0.2, 0.25) is 0 Å². The maximum absolute atomic E-state index is 13.1. The molecule has 0 aliphatic heterocycles. The maximum atomic E-state index is 13.1. The number of amides is 1. The van der Waals surface area contributed by atoms with E-state index >= 15 is 0 Å². The fourth-order valence-corrected chi connectivity index (χ4v) is 3.34. The van der Waals surface area contributed by atoms with Gasteiger partial charge in [-0.15, -0.1) is 0 Å². The summed E-state index contributed by atoms with van der Waals surface area (Å²) in [4.78, 5) is 27.6. The van der Waals surface area contributed by atoms with Crippen LogP contribution in [0.3, 0.4) is 0 Å². The summed E-state index contributed by atoms with van der Waals surface area (Å²) in [6, 6.07) is 20.5. The molecule has 0 aliphatic rings. The molecule has 1 amide bonds. The Morgan fingerprint density at radius 2 is 1.79 bits per heavy atom. The third-order valence-corrected chi connectivity index (χ3v) is 4.95. The number of non-ortho nitro benzene ring substituents is 1. The highest BCUT2D eigenvalue weighted by molar-refractivity contribution is 5.79. The molecule has 0 unspecified atom stereocenters. The van der Waals surface area contributed by atoms with Crippen molar-refractivity contribution in [1.29, 1.82) is 0 Å². The molecule has 1 N–H and O–H groups in total.